The fourth-order valence-electron chi connectivity index (χ4n) is 1.56. The van der Waals surface area contributed by atoms with Crippen molar-refractivity contribution in [3.63, 3.8) is 0 Å². The van der Waals surface area contributed by atoms with Gasteiger partial charge in [0.1, 0.15) is 0 Å². The second-order valence-corrected chi connectivity index (χ2v) is 4.80. The quantitative estimate of drug-likeness (QED) is 0.612. The number of aliphatic hydroxyl groups is 1. The Labute approximate surface area is 109 Å². The lowest BCUT2D eigenvalue weighted by Crippen LogP contribution is -2.29. The number of nitrogens with one attached hydrogen (secondary N) is 1. The van der Waals surface area contributed by atoms with E-state index in [1.165, 1.54) is 0 Å². The predicted molar refractivity (Wildman–Crippen MR) is 71.2 cm³/mol. The Hall–Kier alpha value is -0.980. The molecule has 0 atom stereocenters. The molecule has 1 rings (SSSR count). The van der Waals surface area contributed by atoms with Crippen molar-refractivity contribution in [2.45, 2.75) is 39.4 Å². The Morgan fingerprint density at radius 1 is 1.50 bits per heavy atom. The minimum Gasteiger partial charge on any atom is -0.394 e. The molecule has 104 valence electrons. The zero-order valence-electron chi connectivity index (χ0n) is 11.6. The van der Waals surface area contributed by atoms with Crippen molar-refractivity contribution in [3.8, 4) is 0 Å². The Kier molecular flexibility index (Phi) is 6.85. The molecule has 18 heavy (non-hydrogen) atoms. The van der Waals surface area contributed by atoms with Gasteiger partial charge in [-0.15, -0.1) is 5.10 Å². The standard InChI is InChI=1S/C12H25N5O/c1-11(2)16(3)6-4-5-13-9-12-10-17(7-8-18)15-14-12/h10-11,13,18H,4-9H2,1-3H3. The van der Waals surface area contributed by atoms with Gasteiger partial charge in [-0.3, -0.25) is 0 Å². The molecular weight excluding hydrogens is 230 g/mol. The fourth-order valence-corrected chi connectivity index (χ4v) is 1.56. The van der Waals surface area contributed by atoms with Gasteiger partial charge in [-0.1, -0.05) is 5.21 Å². The zero-order valence-corrected chi connectivity index (χ0v) is 11.6. The molecule has 0 bridgehead atoms. The van der Waals surface area contributed by atoms with Gasteiger partial charge in [-0.05, 0) is 40.4 Å². The first-order valence-corrected chi connectivity index (χ1v) is 6.54. The Morgan fingerprint density at radius 3 is 2.94 bits per heavy atom. The highest BCUT2D eigenvalue weighted by atomic mass is 16.3. The van der Waals surface area contributed by atoms with Crippen molar-refractivity contribution in [1.82, 2.24) is 25.2 Å². The average molecular weight is 255 g/mol. The lowest BCUT2D eigenvalue weighted by molar-refractivity contribution is 0.268. The van der Waals surface area contributed by atoms with Crippen LogP contribution in [-0.2, 0) is 13.1 Å². The molecule has 1 aromatic heterocycles. The van der Waals surface area contributed by atoms with Gasteiger partial charge < -0.3 is 15.3 Å². The van der Waals surface area contributed by atoms with E-state index in [9.17, 15) is 0 Å². The Morgan fingerprint density at radius 2 is 2.28 bits per heavy atom. The van der Waals surface area contributed by atoms with E-state index in [0.717, 1.165) is 31.7 Å². The summed E-state index contributed by atoms with van der Waals surface area (Å²) in [6, 6.07) is 0.600. The first-order chi connectivity index (χ1) is 8.63. The van der Waals surface area contributed by atoms with Crippen molar-refractivity contribution in [2.75, 3.05) is 26.7 Å². The molecule has 0 aliphatic rings. The van der Waals surface area contributed by atoms with Gasteiger partial charge in [0, 0.05) is 18.8 Å². The van der Waals surface area contributed by atoms with E-state index in [1.54, 1.807) is 4.68 Å². The van der Waals surface area contributed by atoms with Crippen LogP contribution in [0.25, 0.3) is 0 Å². The van der Waals surface area contributed by atoms with Crippen LogP contribution in [0.15, 0.2) is 6.20 Å². The molecule has 0 radical (unpaired) electrons. The summed E-state index contributed by atoms with van der Waals surface area (Å²) >= 11 is 0. The number of rotatable bonds is 9. The van der Waals surface area contributed by atoms with E-state index in [-0.39, 0.29) is 6.61 Å². The minimum atomic E-state index is 0.0950. The molecule has 0 amide bonds. The molecule has 0 saturated heterocycles. The van der Waals surface area contributed by atoms with Gasteiger partial charge in [0.2, 0.25) is 0 Å². The summed E-state index contributed by atoms with van der Waals surface area (Å²) in [5.74, 6) is 0. The highest BCUT2D eigenvalue weighted by Crippen LogP contribution is 1.95. The summed E-state index contributed by atoms with van der Waals surface area (Å²) in [7, 11) is 2.14. The third kappa shape index (κ3) is 5.57. The highest BCUT2D eigenvalue weighted by Gasteiger charge is 2.02. The number of hydrogen-bond acceptors (Lipinski definition) is 5. The summed E-state index contributed by atoms with van der Waals surface area (Å²) < 4.78 is 1.66. The van der Waals surface area contributed by atoms with E-state index in [2.05, 4.69) is 41.4 Å². The van der Waals surface area contributed by atoms with Gasteiger partial charge in [0.25, 0.3) is 0 Å². The molecule has 0 fully saturated rings. The van der Waals surface area contributed by atoms with Crippen molar-refractivity contribution < 1.29 is 5.11 Å². The molecule has 0 spiro atoms. The van der Waals surface area contributed by atoms with E-state index >= 15 is 0 Å². The number of hydrogen-bond donors (Lipinski definition) is 2. The molecule has 1 heterocycles. The second-order valence-electron chi connectivity index (χ2n) is 4.80. The summed E-state index contributed by atoms with van der Waals surface area (Å²) in [5, 5.41) is 20.0. The predicted octanol–water partition coefficient (Wildman–Crippen LogP) is 0.0903. The lowest BCUT2D eigenvalue weighted by Gasteiger charge is -2.20. The van der Waals surface area contributed by atoms with Crippen molar-refractivity contribution in [3.05, 3.63) is 11.9 Å². The molecule has 2 N–H and O–H groups in total. The molecule has 0 saturated carbocycles. The van der Waals surface area contributed by atoms with Crippen LogP contribution in [0, 0.1) is 0 Å². The third-order valence-corrected chi connectivity index (χ3v) is 2.97. The second kappa shape index (κ2) is 8.18. The van der Waals surface area contributed by atoms with Crippen LogP contribution in [0.1, 0.15) is 26.0 Å². The maximum Gasteiger partial charge on any atom is 0.0964 e. The average Bonchev–Trinajstić information content (AvgIpc) is 2.76. The summed E-state index contributed by atoms with van der Waals surface area (Å²) in [6.45, 7) is 7.81. The Bertz CT molecular complexity index is 326. The van der Waals surface area contributed by atoms with Crippen LogP contribution >= 0.6 is 0 Å². The van der Waals surface area contributed by atoms with Crippen LogP contribution in [0.3, 0.4) is 0 Å². The van der Waals surface area contributed by atoms with E-state index in [4.69, 9.17) is 5.11 Å². The molecule has 0 aliphatic carbocycles. The van der Waals surface area contributed by atoms with Gasteiger partial charge >= 0.3 is 0 Å². The first kappa shape index (κ1) is 15.1. The SMILES string of the molecule is CC(C)N(C)CCCNCc1cn(CCO)nn1. The van der Waals surface area contributed by atoms with Crippen LogP contribution in [0.4, 0.5) is 0 Å². The molecule has 6 heteroatoms. The number of aliphatic hydroxyl groups excluding tert-OH is 1. The molecule has 6 nitrogen and oxygen atoms in total. The van der Waals surface area contributed by atoms with E-state index < -0.39 is 0 Å². The summed E-state index contributed by atoms with van der Waals surface area (Å²) in [4.78, 5) is 2.33. The van der Waals surface area contributed by atoms with Crippen LogP contribution in [0.2, 0.25) is 0 Å². The maximum atomic E-state index is 8.76. The van der Waals surface area contributed by atoms with Crippen LogP contribution in [-0.4, -0.2) is 57.8 Å². The third-order valence-electron chi connectivity index (χ3n) is 2.97. The first-order valence-electron chi connectivity index (χ1n) is 6.54. The van der Waals surface area contributed by atoms with E-state index in [1.807, 2.05) is 6.20 Å². The maximum absolute atomic E-state index is 8.76. The molecule has 1 aromatic rings. The van der Waals surface area contributed by atoms with Crippen molar-refractivity contribution in [1.29, 1.82) is 0 Å². The Balaban J connectivity index is 2.10. The lowest BCUT2D eigenvalue weighted by atomic mass is 10.3. The topological polar surface area (TPSA) is 66.2 Å². The number of aromatic nitrogens is 3. The van der Waals surface area contributed by atoms with E-state index in [0.29, 0.717) is 12.6 Å². The smallest absolute Gasteiger partial charge is 0.0964 e. The van der Waals surface area contributed by atoms with Gasteiger partial charge in [-0.25, -0.2) is 4.68 Å². The molecular formula is C12H25N5O. The fraction of sp³-hybridized carbons (Fsp3) is 0.833. The van der Waals surface area contributed by atoms with Gasteiger partial charge in [0.05, 0.1) is 18.8 Å². The summed E-state index contributed by atoms with van der Waals surface area (Å²) in [6.07, 6.45) is 2.99. The normalized spacial score (nSPS) is 11.7. The largest absolute Gasteiger partial charge is 0.394 e. The van der Waals surface area contributed by atoms with Crippen molar-refractivity contribution >= 4 is 0 Å². The van der Waals surface area contributed by atoms with Crippen LogP contribution in [0.5, 0.6) is 0 Å². The highest BCUT2D eigenvalue weighted by molar-refractivity contribution is 4.91. The van der Waals surface area contributed by atoms with Crippen molar-refractivity contribution in [2.24, 2.45) is 0 Å². The summed E-state index contributed by atoms with van der Waals surface area (Å²) in [5.41, 5.74) is 0.917. The monoisotopic (exact) mass is 255 g/mol. The molecule has 0 unspecified atom stereocenters. The minimum absolute atomic E-state index is 0.0950. The number of nitrogens with zero attached hydrogens (tertiary/aromatic N) is 4. The molecule has 0 aromatic carbocycles. The van der Waals surface area contributed by atoms with Gasteiger partial charge in [-0.2, -0.15) is 0 Å². The van der Waals surface area contributed by atoms with Gasteiger partial charge in [0.15, 0.2) is 0 Å². The molecule has 0 aliphatic heterocycles. The zero-order chi connectivity index (χ0) is 13.4. The van der Waals surface area contributed by atoms with Crippen LogP contribution < -0.4 is 5.32 Å².